The highest BCUT2D eigenvalue weighted by atomic mass is 15.4. The van der Waals surface area contributed by atoms with Crippen LogP contribution in [0.5, 0.6) is 0 Å². The second-order valence-corrected chi connectivity index (χ2v) is 18.1. The summed E-state index contributed by atoms with van der Waals surface area (Å²) >= 11 is 0. The van der Waals surface area contributed by atoms with Gasteiger partial charge >= 0.3 is 0 Å². The Morgan fingerprint density at radius 3 is 1.98 bits per heavy atom. The lowest BCUT2D eigenvalue weighted by atomic mass is 9.80. The summed E-state index contributed by atoms with van der Waals surface area (Å²) in [6.45, 7) is 33.1. The molecule has 0 bridgehead atoms. The third kappa shape index (κ3) is 6.50. The molecule has 1 aliphatic carbocycles. The second kappa shape index (κ2) is 11.8. The van der Waals surface area contributed by atoms with Crippen LogP contribution in [0.3, 0.4) is 0 Å². The van der Waals surface area contributed by atoms with Gasteiger partial charge in [0.1, 0.15) is 0 Å². The van der Waals surface area contributed by atoms with E-state index in [9.17, 15) is 0 Å². The van der Waals surface area contributed by atoms with Crippen LogP contribution in [-0.4, -0.2) is 144 Å². The van der Waals surface area contributed by atoms with Gasteiger partial charge in [-0.15, -0.1) is 0 Å². The van der Waals surface area contributed by atoms with Gasteiger partial charge in [0.05, 0.1) is 0 Å². The van der Waals surface area contributed by atoms with Crippen LogP contribution in [0.2, 0.25) is 0 Å². The SMILES string of the molecule is CN1CC2C(CC(C)(C)N3CC4CNCC4C3)C(NC(C)(C)C)CN2CC1C1CCCC1N1CCN(C(C)(C)C)CC1. The van der Waals surface area contributed by atoms with Crippen molar-refractivity contribution in [3.63, 3.8) is 0 Å². The van der Waals surface area contributed by atoms with Crippen molar-refractivity contribution in [2.45, 2.75) is 122 Å². The molecule has 5 saturated heterocycles. The summed E-state index contributed by atoms with van der Waals surface area (Å²) in [6, 6.07) is 2.72. The maximum atomic E-state index is 4.15. The van der Waals surface area contributed by atoms with Crippen LogP contribution in [0.1, 0.15) is 81.1 Å². The lowest BCUT2D eigenvalue weighted by Gasteiger charge is -2.50. The van der Waals surface area contributed by atoms with E-state index in [1.807, 2.05) is 0 Å². The smallest absolute Gasteiger partial charge is 0.0268 e. The highest BCUT2D eigenvalue weighted by molar-refractivity contribution is 5.09. The van der Waals surface area contributed by atoms with Gasteiger partial charge in [-0.3, -0.25) is 19.6 Å². The summed E-state index contributed by atoms with van der Waals surface area (Å²) in [5.41, 5.74) is 0.697. The molecule has 6 fully saturated rings. The molecular formula is C35H67N7. The fourth-order valence-corrected chi connectivity index (χ4v) is 10.4. The van der Waals surface area contributed by atoms with Crippen molar-refractivity contribution >= 4 is 0 Å². The molecule has 0 aromatic heterocycles. The third-order valence-electron chi connectivity index (χ3n) is 12.7. The van der Waals surface area contributed by atoms with Crippen LogP contribution in [0.25, 0.3) is 0 Å². The van der Waals surface area contributed by atoms with Gasteiger partial charge in [0, 0.05) is 99.7 Å². The van der Waals surface area contributed by atoms with Crippen molar-refractivity contribution in [3.8, 4) is 0 Å². The lowest BCUT2D eigenvalue weighted by Crippen LogP contribution is -2.62. The summed E-state index contributed by atoms with van der Waals surface area (Å²) in [4.78, 5) is 14.3. The van der Waals surface area contributed by atoms with E-state index in [1.54, 1.807) is 0 Å². The van der Waals surface area contributed by atoms with E-state index in [0.717, 1.165) is 23.8 Å². The molecule has 7 heteroatoms. The lowest BCUT2D eigenvalue weighted by molar-refractivity contribution is -0.0143. The fraction of sp³-hybridized carbons (Fsp3) is 1.00. The molecule has 2 N–H and O–H groups in total. The Labute approximate surface area is 259 Å². The average Bonchev–Trinajstić information content (AvgIpc) is 3.67. The molecule has 0 radical (unpaired) electrons. The van der Waals surface area contributed by atoms with Gasteiger partial charge in [-0.1, -0.05) is 6.42 Å². The zero-order chi connectivity index (χ0) is 30.0. The Hall–Kier alpha value is -0.280. The first-order chi connectivity index (χ1) is 19.7. The molecule has 5 aliphatic heterocycles. The van der Waals surface area contributed by atoms with E-state index < -0.39 is 0 Å². The molecule has 42 heavy (non-hydrogen) atoms. The first kappa shape index (κ1) is 31.7. The number of fused-ring (bicyclic) bond motifs is 2. The van der Waals surface area contributed by atoms with E-state index in [2.05, 4.69) is 97.6 Å². The number of rotatable bonds is 6. The number of nitrogens with one attached hydrogen (secondary N) is 2. The Kier molecular flexibility index (Phi) is 8.92. The Bertz CT molecular complexity index is 903. The first-order valence-electron chi connectivity index (χ1n) is 17.9. The zero-order valence-corrected chi connectivity index (χ0v) is 29.0. The molecule has 0 aromatic carbocycles. The summed E-state index contributed by atoms with van der Waals surface area (Å²) in [7, 11) is 2.48. The monoisotopic (exact) mass is 586 g/mol. The van der Waals surface area contributed by atoms with E-state index in [1.165, 1.54) is 97.7 Å². The number of piperazine rings is 2. The zero-order valence-electron chi connectivity index (χ0n) is 29.0. The molecule has 242 valence electrons. The molecular weight excluding hydrogens is 518 g/mol. The van der Waals surface area contributed by atoms with Gasteiger partial charge in [-0.05, 0) is 118 Å². The number of likely N-dealkylation sites (tertiary alicyclic amines) is 1. The molecule has 6 aliphatic rings. The highest BCUT2D eigenvalue weighted by Gasteiger charge is 2.52. The minimum atomic E-state index is 0.148. The molecule has 8 unspecified atom stereocenters. The second-order valence-electron chi connectivity index (χ2n) is 18.1. The van der Waals surface area contributed by atoms with Crippen LogP contribution in [-0.2, 0) is 0 Å². The molecule has 8 atom stereocenters. The molecule has 0 aromatic rings. The molecule has 6 rings (SSSR count). The Morgan fingerprint density at radius 1 is 0.690 bits per heavy atom. The van der Waals surface area contributed by atoms with Gasteiger partial charge in [-0.2, -0.15) is 0 Å². The van der Waals surface area contributed by atoms with E-state index in [0.29, 0.717) is 29.6 Å². The Balaban J connectivity index is 1.14. The normalized spacial score (nSPS) is 40.2. The van der Waals surface area contributed by atoms with E-state index in [-0.39, 0.29) is 11.1 Å². The van der Waals surface area contributed by atoms with Gasteiger partial charge in [0.15, 0.2) is 0 Å². The number of hydrogen-bond acceptors (Lipinski definition) is 7. The largest absolute Gasteiger partial charge is 0.316 e. The van der Waals surface area contributed by atoms with Crippen molar-refractivity contribution in [1.82, 2.24) is 35.1 Å². The Morgan fingerprint density at radius 2 is 1.36 bits per heavy atom. The summed E-state index contributed by atoms with van der Waals surface area (Å²) < 4.78 is 0. The summed E-state index contributed by atoms with van der Waals surface area (Å²) in [5.74, 6) is 3.25. The van der Waals surface area contributed by atoms with E-state index >= 15 is 0 Å². The van der Waals surface area contributed by atoms with Gasteiger partial charge in [0.25, 0.3) is 0 Å². The topological polar surface area (TPSA) is 40.3 Å². The quantitative estimate of drug-likeness (QED) is 0.496. The maximum absolute atomic E-state index is 4.15. The summed E-state index contributed by atoms with van der Waals surface area (Å²) in [6.07, 6.45) is 5.55. The minimum Gasteiger partial charge on any atom is -0.316 e. The standard InChI is InChI=1S/C35H67N7/c1-33(2,3)37-29-22-40-24-31(27-11-10-12-30(27)39-13-15-41(16-14-39)34(4,5)6)38(9)23-32(40)28(29)17-35(7,8)42-20-25-18-36-19-26(25)21-42/h25-32,36-37H,10-24H2,1-9H3. The molecule has 1 saturated carbocycles. The predicted octanol–water partition coefficient (Wildman–Crippen LogP) is 3.26. The molecule has 0 spiro atoms. The minimum absolute atomic E-state index is 0.148. The van der Waals surface area contributed by atoms with Gasteiger partial charge in [-0.25, -0.2) is 0 Å². The fourth-order valence-electron chi connectivity index (χ4n) is 10.4. The highest BCUT2D eigenvalue weighted by Crippen LogP contribution is 2.43. The van der Waals surface area contributed by atoms with Crippen LogP contribution < -0.4 is 10.6 Å². The number of hydrogen-bond donors (Lipinski definition) is 2. The van der Waals surface area contributed by atoms with Crippen molar-refractivity contribution in [1.29, 1.82) is 0 Å². The van der Waals surface area contributed by atoms with Gasteiger partial charge in [0.2, 0.25) is 0 Å². The average molecular weight is 586 g/mol. The predicted molar refractivity (Wildman–Crippen MR) is 176 cm³/mol. The first-order valence-corrected chi connectivity index (χ1v) is 17.9. The van der Waals surface area contributed by atoms with E-state index in [4.69, 9.17) is 0 Å². The van der Waals surface area contributed by atoms with Crippen LogP contribution >= 0.6 is 0 Å². The van der Waals surface area contributed by atoms with Crippen LogP contribution in [0, 0.1) is 23.7 Å². The van der Waals surface area contributed by atoms with Gasteiger partial charge < -0.3 is 15.5 Å². The molecule has 7 nitrogen and oxygen atoms in total. The van der Waals surface area contributed by atoms with Crippen molar-refractivity contribution < 1.29 is 0 Å². The summed E-state index contributed by atoms with van der Waals surface area (Å²) in [5, 5.41) is 7.80. The maximum Gasteiger partial charge on any atom is 0.0268 e. The third-order valence-corrected chi connectivity index (χ3v) is 12.7. The number of nitrogens with zero attached hydrogens (tertiary/aromatic N) is 5. The molecule has 0 amide bonds. The van der Waals surface area contributed by atoms with Crippen LogP contribution in [0.15, 0.2) is 0 Å². The van der Waals surface area contributed by atoms with Crippen molar-refractivity contribution in [2.24, 2.45) is 23.7 Å². The van der Waals surface area contributed by atoms with Crippen molar-refractivity contribution in [2.75, 3.05) is 79.0 Å². The van der Waals surface area contributed by atoms with Crippen LogP contribution in [0.4, 0.5) is 0 Å². The van der Waals surface area contributed by atoms with Crippen molar-refractivity contribution in [3.05, 3.63) is 0 Å². The molecule has 5 heterocycles. The number of likely N-dealkylation sites (N-methyl/N-ethyl adjacent to an activating group) is 1.